The lowest BCUT2D eigenvalue weighted by molar-refractivity contribution is 0.0990. The summed E-state index contributed by atoms with van der Waals surface area (Å²) < 4.78 is 6.05. The summed E-state index contributed by atoms with van der Waals surface area (Å²) in [4.78, 5) is 24.6. The molecule has 15 heavy (non-hydrogen) atoms. The summed E-state index contributed by atoms with van der Waals surface area (Å²) in [6, 6.07) is 0. The van der Waals surface area contributed by atoms with Gasteiger partial charge in [-0.2, -0.15) is 0 Å². The lowest BCUT2D eigenvalue weighted by atomic mass is 10.3. The Kier molecular flexibility index (Phi) is 3.31. The van der Waals surface area contributed by atoms with Crippen LogP contribution < -0.4 is 11.2 Å². The van der Waals surface area contributed by atoms with E-state index >= 15 is 0 Å². The second-order valence-corrected chi connectivity index (χ2v) is 3.36. The third-order valence-electron chi connectivity index (χ3n) is 2.24. The lowest BCUT2D eigenvalue weighted by Crippen LogP contribution is -2.34. The number of hydrogen-bond acceptors (Lipinski definition) is 4. The van der Waals surface area contributed by atoms with Crippen LogP contribution in [-0.2, 0) is 11.3 Å². The van der Waals surface area contributed by atoms with Gasteiger partial charge in [0.05, 0.1) is 18.2 Å². The van der Waals surface area contributed by atoms with E-state index in [1.54, 1.807) is 6.92 Å². The van der Waals surface area contributed by atoms with Crippen molar-refractivity contribution in [3.8, 4) is 5.88 Å². The molecule has 2 N–H and O–H groups in total. The number of nitrogens with one attached hydrogen (secondary N) is 1. The van der Waals surface area contributed by atoms with E-state index in [-0.39, 0.29) is 24.1 Å². The molecule has 0 aliphatic rings. The molecule has 0 aromatic carbocycles. The zero-order valence-corrected chi connectivity index (χ0v) is 8.90. The Labute approximate surface area is 86.1 Å². The Hall–Kier alpha value is -1.56. The van der Waals surface area contributed by atoms with Crippen LogP contribution in [-0.4, -0.2) is 27.9 Å². The van der Waals surface area contributed by atoms with Gasteiger partial charge in [-0.3, -0.25) is 14.3 Å². The predicted molar refractivity (Wildman–Crippen MR) is 54.2 cm³/mol. The Morgan fingerprint density at radius 1 is 1.53 bits per heavy atom. The molecule has 0 radical (unpaired) electrons. The monoisotopic (exact) mass is 214 g/mol. The van der Waals surface area contributed by atoms with Crippen molar-refractivity contribution >= 4 is 0 Å². The van der Waals surface area contributed by atoms with E-state index < -0.39 is 11.2 Å². The Balaban J connectivity index is 3.24. The van der Waals surface area contributed by atoms with Crippen molar-refractivity contribution in [2.45, 2.75) is 26.5 Å². The number of rotatable bonds is 3. The van der Waals surface area contributed by atoms with Gasteiger partial charge in [-0.25, -0.2) is 4.79 Å². The van der Waals surface area contributed by atoms with Gasteiger partial charge in [0.15, 0.2) is 0 Å². The lowest BCUT2D eigenvalue weighted by Gasteiger charge is -2.13. The van der Waals surface area contributed by atoms with Gasteiger partial charge in [-0.15, -0.1) is 0 Å². The molecule has 0 saturated heterocycles. The van der Waals surface area contributed by atoms with Gasteiger partial charge in [-0.1, -0.05) is 0 Å². The van der Waals surface area contributed by atoms with Crippen molar-refractivity contribution in [2.24, 2.45) is 0 Å². The van der Waals surface area contributed by atoms with Gasteiger partial charge in [0.25, 0.3) is 5.56 Å². The van der Waals surface area contributed by atoms with E-state index in [0.717, 1.165) is 4.57 Å². The number of ether oxygens (including phenoxy) is 1. The summed E-state index contributed by atoms with van der Waals surface area (Å²) in [7, 11) is 1.51. The number of hydrogen-bond donors (Lipinski definition) is 2. The van der Waals surface area contributed by atoms with Crippen LogP contribution in [0.2, 0.25) is 0 Å². The molecular formula is C9H14N2O4. The van der Waals surface area contributed by atoms with Crippen LogP contribution in [0.3, 0.4) is 0 Å². The highest BCUT2D eigenvalue weighted by Crippen LogP contribution is 2.08. The fourth-order valence-corrected chi connectivity index (χ4v) is 1.16. The van der Waals surface area contributed by atoms with Gasteiger partial charge in [0.1, 0.15) is 0 Å². The van der Waals surface area contributed by atoms with Gasteiger partial charge < -0.3 is 9.84 Å². The quantitative estimate of drug-likeness (QED) is 0.716. The molecule has 84 valence electrons. The number of methoxy groups -OCH3 is 1. The molecule has 1 aromatic rings. The minimum atomic E-state index is -0.632. The number of aromatic hydroxyl groups is 1. The standard InChI is InChI=1S/C9H14N2O4/c1-5(15-3)4-11-8(13)6(2)7(12)10-9(11)14/h5,13H,4H2,1-3H3,(H,10,12,14). The SMILES string of the molecule is COC(C)Cn1c(O)c(C)c(=O)[nH]c1=O. The normalized spacial score (nSPS) is 12.7. The van der Waals surface area contributed by atoms with Gasteiger partial charge in [-0.05, 0) is 13.8 Å². The molecule has 0 spiro atoms. The molecule has 0 amide bonds. The number of nitrogens with zero attached hydrogens (tertiary/aromatic N) is 1. The van der Waals surface area contributed by atoms with Gasteiger partial charge in [0, 0.05) is 7.11 Å². The third kappa shape index (κ3) is 2.27. The Morgan fingerprint density at radius 3 is 2.67 bits per heavy atom. The second-order valence-electron chi connectivity index (χ2n) is 3.36. The molecule has 0 fully saturated rings. The molecule has 1 heterocycles. The fraction of sp³-hybridized carbons (Fsp3) is 0.556. The van der Waals surface area contributed by atoms with Crippen LogP contribution in [0.5, 0.6) is 5.88 Å². The van der Waals surface area contributed by atoms with E-state index in [2.05, 4.69) is 4.98 Å². The van der Waals surface area contributed by atoms with E-state index in [1.807, 2.05) is 0 Å². The molecule has 0 saturated carbocycles. The maximum Gasteiger partial charge on any atom is 0.331 e. The van der Waals surface area contributed by atoms with E-state index in [9.17, 15) is 14.7 Å². The molecule has 6 nitrogen and oxygen atoms in total. The van der Waals surface area contributed by atoms with E-state index in [0.29, 0.717) is 0 Å². The molecule has 0 aliphatic heterocycles. The van der Waals surface area contributed by atoms with Gasteiger partial charge in [0.2, 0.25) is 5.88 Å². The number of H-pyrrole nitrogens is 1. The van der Waals surface area contributed by atoms with Crippen LogP contribution in [0.4, 0.5) is 0 Å². The highest BCUT2D eigenvalue weighted by Gasteiger charge is 2.12. The molecule has 1 rings (SSSR count). The maximum absolute atomic E-state index is 11.4. The van der Waals surface area contributed by atoms with Crippen molar-refractivity contribution in [2.75, 3.05) is 7.11 Å². The second kappa shape index (κ2) is 4.31. The van der Waals surface area contributed by atoms with E-state index in [1.165, 1.54) is 14.0 Å². The van der Waals surface area contributed by atoms with E-state index in [4.69, 9.17) is 4.74 Å². The summed E-state index contributed by atoms with van der Waals surface area (Å²) in [5.74, 6) is -0.312. The average molecular weight is 214 g/mol. The van der Waals surface area contributed by atoms with Gasteiger partial charge >= 0.3 is 5.69 Å². The summed E-state index contributed by atoms with van der Waals surface area (Å²) in [5.41, 5.74) is -1.08. The Bertz CT molecular complexity index is 460. The molecule has 1 aromatic heterocycles. The zero-order valence-electron chi connectivity index (χ0n) is 8.90. The van der Waals surface area contributed by atoms with Crippen LogP contribution in [0.15, 0.2) is 9.59 Å². The minimum Gasteiger partial charge on any atom is -0.494 e. The Morgan fingerprint density at radius 2 is 2.13 bits per heavy atom. The highest BCUT2D eigenvalue weighted by atomic mass is 16.5. The van der Waals surface area contributed by atoms with Crippen molar-refractivity contribution < 1.29 is 9.84 Å². The smallest absolute Gasteiger partial charge is 0.331 e. The predicted octanol–water partition coefficient (Wildman–Crippen LogP) is -0.414. The molecule has 1 unspecified atom stereocenters. The first-order chi connectivity index (χ1) is 6.97. The first-order valence-electron chi connectivity index (χ1n) is 4.52. The summed E-state index contributed by atoms with van der Waals surface area (Å²) in [6.45, 7) is 3.40. The van der Waals surface area contributed by atoms with Crippen LogP contribution in [0.25, 0.3) is 0 Å². The van der Waals surface area contributed by atoms with Crippen molar-refractivity contribution in [1.82, 2.24) is 9.55 Å². The fourth-order valence-electron chi connectivity index (χ4n) is 1.16. The maximum atomic E-state index is 11.4. The van der Waals surface area contributed by atoms with Crippen molar-refractivity contribution in [3.63, 3.8) is 0 Å². The molecule has 0 aliphatic carbocycles. The van der Waals surface area contributed by atoms with Crippen LogP contribution >= 0.6 is 0 Å². The highest BCUT2D eigenvalue weighted by molar-refractivity contribution is 5.20. The zero-order chi connectivity index (χ0) is 11.6. The molecular weight excluding hydrogens is 200 g/mol. The first-order valence-corrected chi connectivity index (χ1v) is 4.52. The summed E-state index contributed by atoms with van der Waals surface area (Å²) in [5, 5.41) is 9.59. The minimum absolute atomic E-state index is 0.123. The molecule has 6 heteroatoms. The largest absolute Gasteiger partial charge is 0.494 e. The molecule has 0 bridgehead atoms. The number of aromatic nitrogens is 2. The number of aromatic amines is 1. The third-order valence-corrected chi connectivity index (χ3v) is 2.24. The van der Waals surface area contributed by atoms with Crippen molar-refractivity contribution in [3.05, 3.63) is 26.4 Å². The van der Waals surface area contributed by atoms with Crippen LogP contribution in [0, 0.1) is 6.92 Å². The average Bonchev–Trinajstić information content (AvgIpc) is 2.21. The van der Waals surface area contributed by atoms with Crippen LogP contribution in [0.1, 0.15) is 12.5 Å². The molecule has 1 atom stereocenters. The van der Waals surface area contributed by atoms with Crippen molar-refractivity contribution in [1.29, 1.82) is 0 Å². The summed E-state index contributed by atoms with van der Waals surface area (Å²) in [6.07, 6.45) is -0.223. The summed E-state index contributed by atoms with van der Waals surface area (Å²) >= 11 is 0. The topological polar surface area (TPSA) is 84.3 Å². The first kappa shape index (κ1) is 11.5.